The molecule has 34 heavy (non-hydrogen) atoms. The van der Waals surface area contributed by atoms with Crippen LogP contribution in [-0.2, 0) is 11.2 Å². The quantitative estimate of drug-likeness (QED) is 0.322. The second-order valence-electron chi connectivity index (χ2n) is 8.25. The predicted octanol–water partition coefficient (Wildman–Crippen LogP) is 5.13. The molecule has 4 aromatic rings. The summed E-state index contributed by atoms with van der Waals surface area (Å²) in [5.41, 5.74) is 5.07. The topological polar surface area (TPSA) is 104 Å². The molecule has 0 radical (unpaired) electrons. The van der Waals surface area contributed by atoms with Gasteiger partial charge >= 0.3 is 5.97 Å². The minimum atomic E-state index is -1.07. The number of amides is 1. The number of benzene rings is 3. The van der Waals surface area contributed by atoms with Gasteiger partial charge in [-0.2, -0.15) is 0 Å². The number of carboxylic acids is 1. The first-order chi connectivity index (χ1) is 16.4. The maximum atomic E-state index is 12.2. The molecule has 174 valence electrons. The molecule has 1 unspecified atom stereocenters. The van der Waals surface area contributed by atoms with E-state index < -0.39 is 17.9 Å². The van der Waals surface area contributed by atoms with Crippen molar-refractivity contribution < 1.29 is 19.1 Å². The van der Waals surface area contributed by atoms with E-state index in [0.717, 1.165) is 35.2 Å². The molecule has 0 bridgehead atoms. The number of carbonyl (C=O) groups is 2. The Hall–Kier alpha value is -4.13. The van der Waals surface area contributed by atoms with Crippen LogP contribution < -0.4 is 10.6 Å². The van der Waals surface area contributed by atoms with Gasteiger partial charge in [0.2, 0.25) is 5.89 Å². The third-order valence-electron chi connectivity index (χ3n) is 5.71. The van der Waals surface area contributed by atoms with Gasteiger partial charge < -0.3 is 20.2 Å². The van der Waals surface area contributed by atoms with Crippen LogP contribution in [0.2, 0.25) is 0 Å². The first-order valence-electron chi connectivity index (χ1n) is 11.3. The number of aliphatic carboxylic acids is 1. The van der Waals surface area contributed by atoms with Crippen LogP contribution in [0.3, 0.4) is 0 Å². The number of anilines is 1. The van der Waals surface area contributed by atoms with Crippen LogP contribution in [0.1, 0.15) is 36.2 Å². The first-order valence-corrected chi connectivity index (χ1v) is 11.3. The minimum absolute atomic E-state index is 0.210. The first kappa shape index (κ1) is 23.0. The fourth-order valence-electron chi connectivity index (χ4n) is 3.66. The van der Waals surface area contributed by atoms with E-state index in [1.54, 1.807) is 12.1 Å². The van der Waals surface area contributed by atoms with Crippen molar-refractivity contribution in [1.82, 2.24) is 10.3 Å². The van der Waals surface area contributed by atoms with Gasteiger partial charge in [0, 0.05) is 22.9 Å². The monoisotopic (exact) mass is 457 g/mol. The molecule has 7 nitrogen and oxygen atoms in total. The number of carboxylic acid groups (broad SMARTS) is 1. The van der Waals surface area contributed by atoms with Gasteiger partial charge in [0.25, 0.3) is 5.91 Å². The summed E-state index contributed by atoms with van der Waals surface area (Å²) in [5.74, 6) is -0.869. The fraction of sp³-hybridized carbons (Fsp3) is 0.222. The van der Waals surface area contributed by atoms with Gasteiger partial charge in [-0.3, -0.25) is 9.59 Å². The Labute approximate surface area is 197 Å². The highest BCUT2D eigenvalue weighted by atomic mass is 16.4. The SMILES string of the molecule is CCC(Cc1ccc(-c2nc3ccccc3o2)cc1)Nc1ccc(C(=O)N[C@H](C)C(=O)O)cc1. The number of oxazole rings is 1. The summed E-state index contributed by atoms with van der Waals surface area (Å²) in [5, 5.41) is 14.9. The zero-order valence-corrected chi connectivity index (χ0v) is 19.1. The lowest BCUT2D eigenvalue weighted by Gasteiger charge is -2.19. The van der Waals surface area contributed by atoms with E-state index in [9.17, 15) is 9.59 Å². The molecule has 1 amide bonds. The number of nitrogens with zero attached hydrogens (tertiary/aromatic N) is 1. The Bertz CT molecular complexity index is 1250. The third kappa shape index (κ3) is 5.43. The van der Waals surface area contributed by atoms with E-state index >= 15 is 0 Å². The maximum absolute atomic E-state index is 12.2. The summed E-state index contributed by atoms with van der Waals surface area (Å²) in [6.45, 7) is 3.56. The van der Waals surface area contributed by atoms with E-state index in [1.165, 1.54) is 12.5 Å². The molecule has 3 N–H and O–H groups in total. The van der Waals surface area contributed by atoms with Gasteiger partial charge in [0.05, 0.1) is 0 Å². The summed E-state index contributed by atoms with van der Waals surface area (Å²) in [4.78, 5) is 27.6. The summed E-state index contributed by atoms with van der Waals surface area (Å²) < 4.78 is 5.85. The van der Waals surface area contributed by atoms with Crippen molar-refractivity contribution in [3.05, 3.63) is 83.9 Å². The van der Waals surface area contributed by atoms with Gasteiger partial charge in [0.15, 0.2) is 5.58 Å². The van der Waals surface area contributed by atoms with Gasteiger partial charge in [-0.05, 0) is 73.9 Å². The molecular weight excluding hydrogens is 430 g/mol. The van der Waals surface area contributed by atoms with Crippen molar-refractivity contribution in [2.24, 2.45) is 0 Å². The number of fused-ring (bicyclic) bond motifs is 1. The molecule has 1 heterocycles. The van der Waals surface area contributed by atoms with Gasteiger partial charge in [-0.15, -0.1) is 0 Å². The van der Waals surface area contributed by atoms with E-state index in [0.29, 0.717) is 11.5 Å². The Morgan fingerprint density at radius 2 is 1.71 bits per heavy atom. The van der Waals surface area contributed by atoms with Crippen molar-refractivity contribution in [3.63, 3.8) is 0 Å². The summed E-state index contributed by atoms with van der Waals surface area (Å²) in [6, 6.07) is 22.3. The number of aromatic nitrogens is 1. The van der Waals surface area contributed by atoms with Crippen LogP contribution in [0, 0.1) is 0 Å². The van der Waals surface area contributed by atoms with Gasteiger partial charge in [0.1, 0.15) is 11.6 Å². The third-order valence-corrected chi connectivity index (χ3v) is 5.71. The lowest BCUT2D eigenvalue weighted by molar-refractivity contribution is -0.138. The molecule has 7 heteroatoms. The number of rotatable bonds is 9. The Kier molecular flexibility index (Phi) is 6.92. The van der Waals surface area contributed by atoms with Crippen molar-refractivity contribution >= 4 is 28.7 Å². The van der Waals surface area contributed by atoms with Crippen LogP contribution >= 0.6 is 0 Å². The highest BCUT2D eigenvalue weighted by Gasteiger charge is 2.15. The number of carbonyl (C=O) groups excluding carboxylic acids is 1. The van der Waals surface area contributed by atoms with Gasteiger partial charge in [-0.1, -0.05) is 31.2 Å². The zero-order valence-electron chi connectivity index (χ0n) is 19.1. The normalized spacial score (nSPS) is 12.8. The van der Waals surface area contributed by atoms with E-state index in [1.807, 2.05) is 48.5 Å². The molecule has 2 atom stereocenters. The number of para-hydroxylation sites is 2. The molecule has 0 fully saturated rings. The molecule has 0 saturated carbocycles. The van der Waals surface area contributed by atoms with Crippen LogP contribution in [-0.4, -0.2) is 34.1 Å². The minimum Gasteiger partial charge on any atom is -0.480 e. The van der Waals surface area contributed by atoms with Crippen LogP contribution in [0.15, 0.2) is 77.2 Å². The average molecular weight is 458 g/mol. The largest absolute Gasteiger partial charge is 0.480 e. The maximum Gasteiger partial charge on any atom is 0.325 e. The summed E-state index contributed by atoms with van der Waals surface area (Å²) >= 11 is 0. The predicted molar refractivity (Wildman–Crippen MR) is 132 cm³/mol. The lowest BCUT2D eigenvalue weighted by atomic mass is 10.0. The van der Waals surface area contributed by atoms with Crippen molar-refractivity contribution in [2.75, 3.05) is 5.32 Å². The van der Waals surface area contributed by atoms with Crippen molar-refractivity contribution in [2.45, 2.75) is 38.8 Å². The molecule has 3 aromatic carbocycles. The van der Waals surface area contributed by atoms with Crippen LogP contribution in [0.25, 0.3) is 22.6 Å². The molecule has 0 aliphatic carbocycles. The fourth-order valence-corrected chi connectivity index (χ4v) is 3.66. The summed E-state index contributed by atoms with van der Waals surface area (Å²) in [7, 11) is 0. The van der Waals surface area contributed by atoms with Crippen molar-refractivity contribution in [1.29, 1.82) is 0 Å². The highest BCUT2D eigenvalue weighted by molar-refractivity contribution is 5.96. The zero-order chi connectivity index (χ0) is 24.1. The van der Waals surface area contributed by atoms with E-state index in [2.05, 4.69) is 34.7 Å². The second kappa shape index (κ2) is 10.2. The Morgan fingerprint density at radius 3 is 2.35 bits per heavy atom. The van der Waals surface area contributed by atoms with Crippen LogP contribution in [0.5, 0.6) is 0 Å². The Balaban J connectivity index is 1.37. The molecule has 0 aliphatic heterocycles. The van der Waals surface area contributed by atoms with Crippen LogP contribution in [0.4, 0.5) is 5.69 Å². The highest BCUT2D eigenvalue weighted by Crippen LogP contribution is 2.25. The molecular formula is C27H27N3O4. The summed E-state index contributed by atoms with van der Waals surface area (Å²) in [6.07, 6.45) is 1.76. The number of nitrogens with one attached hydrogen (secondary N) is 2. The molecule has 4 rings (SSSR count). The van der Waals surface area contributed by atoms with E-state index in [4.69, 9.17) is 9.52 Å². The van der Waals surface area contributed by atoms with Crippen molar-refractivity contribution in [3.8, 4) is 11.5 Å². The lowest BCUT2D eigenvalue weighted by Crippen LogP contribution is -2.38. The molecule has 1 aromatic heterocycles. The van der Waals surface area contributed by atoms with Gasteiger partial charge in [-0.25, -0.2) is 4.98 Å². The standard InChI is InChI=1S/C27H27N3O4/c1-3-21(29-22-14-12-19(13-15-22)25(31)28-17(2)27(32)33)16-18-8-10-20(11-9-18)26-30-23-6-4-5-7-24(23)34-26/h4-15,17,21,29H,3,16H2,1-2H3,(H,28,31)(H,32,33)/t17-,21?/m1/s1. The van der Waals surface area contributed by atoms with E-state index in [-0.39, 0.29) is 6.04 Å². The number of hydrogen-bond donors (Lipinski definition) is 3. The smallest absolute Gasteiger partial charge is 0.325 e. The molecule has 0 spiro atoms. The molecule has 0 saturated heterocycles. The number of hydrogen-bond acceptors (Lipinski definition) is 5. The Morgan fingerprint density at radius 1 is 1.00 bits per heavy atom. The molecule has 0 aliphatic rings. The second-order valence-corrected chi connectivity index (χ2v) is 8.25. The average Bonchev–Trinajstić information content (AvgIpc) is 3.28.